The van der Waals surface area contributed by atoms with Crippen molar-refractivity contribution in [1.82, 2.24) is 4.90 Å². The van der Waals surface area contributed by atoms with Crippen LogP contribution in [0.1, 0.15) is 94.2 Å². The van der Waals surface area contributed by atoms with Gasteiger partial charge in [-0.3, -0.25) is 4.21 Å². The summed E-state index contributed by atoms with van der Waals surface area (Å²) in [5, 5.41) is 0.113. The Hall–Kier alpha value is -1.65. The van der Waals surface area contributed by atoms with Crippen molar-refractivity contribution in [3.63, 3.8) is 0 Å². The number of aryl methyl sites for hydroxylation is 1. The second kappa shape index (κ2) is 20.9. The summed E-state index contributed by atoms with van der Waals surface area (Å²) in [5.41, 5.74) is 6.68. The molecule has 2 rings (SSSR count). The van der Waals surface area contributed by atoms with Gasteiger partial charge in [-0.15, -0.1) is 0 Å². The van der Waals surface area contributed by atoms with E-state index in [1.807, 2.05) is 88.4 Å². The van der Waals surface area contributed by atoms with Crippen molar-refractivity contribution in [3.8, 4) is 0 Å². The van der Waals surface area contributed by atoms with Gasteiger partial charge in [-0.1, -0.05) is 73.6 Å². The van der Waals surface area contributed by atoms with Crippen LogP contribution >= 0.6 is 0 Å². The fourth-order valence-electron chi connectivity index (χ4n) is 2.71. The minimum absolute atomic E-state index is 0.113. The van der Waals surface area contributed by atoms with Gasteiger partial charge < -0.3 is 9.64 Å². The largest absolute Gasteiger partial charge is 0.379 e. The Morgan fingerprint density at radius 2 is 1.48 bits per heavy atom. The highest BCUT2D eigenvalue weighted by Gasteiger charge is 2.26. The molecule has 0 radical (unpaired) electrons. The van der Waals surface area contributed by atoms with E-state index in [0.29, 0.717) is 13.2 Å². The number of rotatable bonds is 6. The van der Waals surface area contributed by atoms with E-state index < -0.39 is 10.8 Å². The van der Waals surface area contributed by atoms with Gasteiger partial charge in [-0.25, -0.2) is 0 Å². The molecule has 0 aliphatic carbocycles. The first-order chi connectivity index (χ1) is 15.8. The molecule has 0 N–H and O–H groups in total. The first-order valence-corrected chi connectivity index (χ1v) is 13.8. The molecule has 1 unspecified atom stereocenters. The van der Waals surface area contributed by atoms with E-state index in [-0.39, 0.29) is 5.25 Å². The van der Waals surface area contributed by atoms with Gasteiger partial charge in [0, 0.05) is 23.3 Å². The summed E-state index contributed by atoms with van der Waals surface area (Å²) in [6, 6.07) is 6.11. The normalized spacial score (nSPS) is 14.1. The van der Waals surface area contributed by atoms with Gasteiger partial charge in [0.25, 0.3) is 0 Å². The molecule has 1 heterocycles. The van der Waals surface area contributed by atoms with Crippen molar-refractivity contribution in [2.75, 3.05) is 20.3 Å². The summed E-state index contributed by atoms with van der Waals surface area (Å²) < 4.78 is 17.8. The minimum atomic E-state index is -1.03. The Morgan fingerprint density at radius 1 is 1.00 bits per heavy atom. The van der Waals surface area contributed by atoms with Gasteiger partial charge in [0.2, 0.25) is 0 Å². The molecule has 1 atom stereocenters. The van der Waals surface area contributed by atoms with Crippen molar-refractivity contribution < 1.29 is 8.95 Å². The zero-order valence-corrected chi connectivity index (χ0v) is 25.0. The fourth-order valence-corrected chi connectivity index (χ4v) is 4.08. The molecule has 1 aromatic rings. The number of benzene rings is 1. The van der Waals surface area contributed by atoms with Crippen LogP contribution in [0, 0.1) is 6.92 Å². The lowest BCUT2D eigenvalue weighted by molar-refractivity contribution is 0.0435. The lowest BCUT2D eigenvalue weighted by Gasteiger charge is -2.27. The standard InChI is InChI=1S/C21H29NO2S.4C2H6/c1-8-15(3)16(4)17(5)22(7)18(6)19-9-14(2)10-20(11-19)25(23)21-12-24-13-21;4*1-2/h8-11,21H,6,12-13H2,1-5,7H3;4*1-2H3/b15-8+,17-16-;;;;. The van der Waals surface area contributed by atoms with Crippen LogP contribution in [0.15, 0.2) is 52.6 Å². The predicted octanol–water partition coefficient (Wildman–Crippen LogP) is 8.77. The summed E-state index contributed by atoms with van der Waals surface area (Å²) in [6.07, 6.45) is 2.12. The zero-order valence-electron chi connectivity index (χ0n) is 24.2. The summed E-state index contributed by atoms with van der Waals surface area (Å²) in [7, 11) is 1.00. The van der Waals surface area contributed by atoms with Crippen molar-refractivity contribution >= 4 is 16.5 Å². The Labute approximate surface area is 209 Å². The Kier molecular flexibility index (Phi) is 22.8. The van der Waals surface area contributed by atoms with Gasteiger partial charge >= 0.3 is 0 Å². The van der Waals surface area contributed by atoms with E-state index in [1.54, 1.807) is 0 Å². The molecule has 4 heteroatoms. The maximum absolute atomic E-state index is 12.7. The molecule has 1 aliphatic rings. The summed E-state index contributed by atoms with van der Waals surface area (Å²) in [5.74, 6) is 0. The first kappa shape index (κ1) is 35.9. The van der Waals surface area contributed by atoms with Crippen LogP contribution in [-0.2, 0) is 15.5 Å². The molecule has 0 aromatic heterocycles. The molecule has 1 saturated heterocycles. The number of hydrogen-bond donors (Lipinski definition) is 0. The molecule has 1 fully saturated rings. The maximum atomic E-state index is 12.7. The monoisotopic (exact) mass is 479 g/mol. The average molecular weight is 480 g/mol. The Balaban J connectivity index is -0.00000101. The molecule has 1 aliphatic heterocycles. The smallest absolute Gasteiger partial charge is 0.0861 e. The fraction of sp³-hybridized carbons (Fsp3) is 0.586. The molecule has 192 valence electrons. The van der Waals surface area contributed by atoms with Gasteiger partial charge in [0.1, 0.15) is 0 Å². The molecular weight excluding hydrogens is 426 g/mol. The second-order valence-electron chi connectivity index (χ2n) is 6.68. The highest BCUT2D eigenvalue weighted by Crippen LogP contribution is 2.27. The lowest BCUT2D eigenvalue weighted by Crippen LogP contribution is -2.37. The van der Waals surface area contributed by atoms with Crippen LogP contribution < -0.4 is 0 Å². The van der Waals surface area contributed by atoms with Crippen molar-refractivity contribution in [1.29, 1.82) is 0 Å². The number of nitrogens with zero attached hydrogens (tertiary/aromatic N) is 1. The molecule has 33 heavy (non-hydrogen) atoms. The van der Waals surface area contributed by atoms with Gasteiger partial charge in [0.15, 0.2) is 0 Å². The van der Waals surface area contributed by atoms with Crippen LogP contribution in [0.2, 0.25) is 0 Å². The van der Waals surface area contributed by atoms with Crippen molar-refractivity contribution in [3.05, 3.63) is 58.8 Å². The highest BCUT2D eigenvalue weighted by molar-refractivity contribution is 7.85. The van der Waals surface area contributed by atoms with Crippen LogP contribution in [0.5, 0.6) is 0 Å². The van der Waals surface area contributed by atoms with E-state index in [9.17, 15) is 4.21 Å². The zero-order chi connectivity index (χ0) is 26.7. The minimum Gasteiger partial charge on any atom is -0.379 e. The van der Waals surface area contributed by atoms with Crippen LogP contribution in [0.25, 0.3) is 5.70 Å². The van der Waals surface area contributed by atoms with E-state index in [1.165, 1.54) is 11.1 Å². The van der Waals surface area contributed by atoms with Crippen molar-refractivity contribution in [2.45, 2.75) is 100 Å². The van der Waals surface area contributed by atoms with Crippen LogP contribution in [0.3, 0.4) is 0 Å². The van der Waals surface area contributed by atoms with Gasteiger partial charge in [-0.2, -0.15) is 0 Å². The molecular formula is C29H53NO2S. The molecule has 1 aromatic carbocycles. The van der Waals surface area contributed by atoms with Crippen LogP contribution in [0.4, 0.5) is 0 Å². The summed E-state index contributed by atoms with van der Waals surface area (Å²) in [4.78, 5) is 2.97. The Morgan fingerprint density at radius 3 is 1.88 bits per heavy atom. The Bertz CT molecular complexity index is 759. The second-order valence-corrected chi connectivity index (χ2v) is 8.41. The predicted molar refractivity (Wildman–Crippen MR) is 152 cm³/mol. The quantitative estimate of drug-likeness (QED) is 0.382. The maximum Gasteiger partial charge on any atom is 0.0861 e. The van der Waals surface area contributed by atoms with E-state index in [4.69, 9.17) is 4.74 Å². The van der Waals surface area contributed by atoms with E-state index >= 15 is 0 Å². The molecule has 0 spiro atoms. The third kappa shape index (κ3) is 11.4. The SMILES string of the molecule is C=C(c1cc(C)cc(S(=O)C2COC2)c1)N(C)/C(C)=C(C)\C(C)=C\C.CC.CC.CC.CC. The number of ether oxygens (including phenoxy) is 1. The third-order valence-corrected chi connectivity index (χ3v) is 6.58. The average Bonchev–Trinajstić information content (AvgIpc) is 2.85. The first-order valence-electron chi connectivity index (χ1n) is 12.6. The molecule has 0 amide bonds. The topological polar surface area (TPSA) is 29.5 Å². The highest BCUT2D eigenvalue weighted by atomic mass is 32.2. The lowest BCUT2D eigenvalue weighted by atomic mass is 10.0. The summed E-state index contributed by atoms with van der Waals surface area (Å²) in [6.45, 7) is 31.9. The molecule has 0 saturated carbocycles. The van der Waals surface area contributed by atoms with Gasteiger partial charge in [-0.05, 0) is 69.5 Å². The van der Waals surface area contributed by atoms with E-state index in [2.05, 4.69) is 44.4 Å². The number of allylic oxidation sites excluding steroid dienone is 4. The molecule has 0 bridgehead atoms. The van der Waals surface area contributed by atoms with Gasteiger partial charge in [0.05, 0.1) is 29.3 Å². The van der Waals surface area contributed by atoms with E-state index in [0.717, 1.165) is 27.4 Å². The van der Waals surface area contributed by atoms with Crippen LogP contribution in [-0.4, -0.2) is 34.6 Å². The third-order valence-electron chi connectivity index (χ3n) is 5.00. The summed E-state index contributed by atoms with van der Waals surface area (Å²) >= 11 is 0. The molecule has 3 nitrogen and oxygen atoms in total. The number of hydrogen-bond acceptors (Lipinski definition) is 3. The van der Waals surface area contributed by atoms with Crippen molar-refractivity contribution in [2.24, 2.45) is 0 Å².